The fraction of sp³-hybridized carbons (Fsp3) is 0.353. The molecule has 1 unspecified atom stereocenters. The second kappa shape index (κ2) is 6.06. The average Bonchev–Trinajstić information content (AvgIpc) is 2.34. The van der Waals surface area contributed by atoms with Gasteiger partial charge in [-0.1, -0.05) is 17.7 Å². The van der Waals surface area contributed by atoms with E-state index in [0.717, 1.165) is 28.9 Å². The summed E-state index contributed by atoms with van der Waals surface area (Å²) in [6.07, 6.45) is 2.67. The number of hydrogen-bond donors (Lipinski definition) is 1. The summed E-state index contributed by atoms with van der Waals surface area (Å²) >= 11 is 0. The molecule has 20 heavy (non-hydrogen) atoms. The molecule has 0 aliphatic heterocycles. The quantitative estimate of drug-likeness (QED) is 0.921. The fourth-order valence-electron chi connectivity index (χ4n) is 2.23. The minimum Gasteiger partial charge on any atom is -0.438 e. The number of nitrogens with two attached hydrogens (primary N) is 1. The Morgan fingerprint density at radius 2 is 1.90 bits per heavy atom. The fourth-order valence-corrected chi connectivity index (χ4v) is 2.23. The van der Waals surface area contributed by atoms with E-state index in [1.54, 1.807) is 0 Å². The molecule has 2 aromatic rings. The monoisotopic (exact) mass is 270 g/mol. The Bertz CT molecular complexity index is 606. The molecule has 0 saturated carbocycles. The highest BCUT2D eigenvalue weighted by atomic mass is 16.5. The van der Waals surface area contributed by atoms with Gasteiger partial charge >= 0.3 is 0 Å². The molecule has 106 valence electrons. The smallest absolute Gasteiger partial charge is 0.222 e. The van der Waals surface area contributed by atoms with Gasteiger partial charge in [0.25, 0.3) is 0 Å². The summed E-state index contributed by atoms with van der Waals surface area (Å²) in [7, 11) is 0. The number of pyridine rings is 1. The Morgan fingerprint density at radius 3 is 2.50 bits per heavy atom. The van der Waals surface area contributed by atoms with Gasteiger partial charge < -0.3 is 10.5 Å². The van der Waals surface area contributed by atoms with Crippen molar-refractivity contribution in [2.75, 3.05) is 0 Å². The summed E-state index contributed by atoms with van der Waals surface area (Å²) in [5.41, 5.74) is 10.3. The van der Waals surface area contributed by atoms with Gasteiger partial charge in [-0.15, -0.1) is 0 Å². The zero-order valence-corrected chi connectivity index (χ0v) is 12.6. The Morgan fingerprint density at radius 1 is 1.15 bits per heavy atom. The molecular formula is C17H22N2O. The predicted octanol–water partition coefficient (Wildman–Crippen LogP) is 3.69. The summed E-state index contributed by atoms with van der Waals surface area (Å²) in [5.74, 6) is 1.51. The molecule has 1 aromatic carbocycles. The minimum absolute atomic E-state index is 0.141. The van der Waals surface area contributed by atoms with Crippen LogP contribution in [0.5, 0.6) is 11.6 Å². The third-order valence-electron chi connectivity index (χ3n) is 3.18. The first-order valence-electron chi connectivity index (χ1n) is 6.92. The zero-order valence-electron chi connectivity index (χ0n) is 12.6. The molecule has 0 radical (unpaired) electrons. The second-order valence-electron chi connectivity index (χ2n) is 5.52. The van der Waals surface area contributed by atoms with E-state index in [4.69, 9.17) is 10.5 Å². The van der Waals surface area contributed by atoms with E-state index in [1.165, 1.54) is 5.56 Å². The van der Waals surface area contributed by atoms with E-state index in [0.29, 0.717) is 5.88 Å². The largest absolute Gasteiger partial charge is 0.438 e. The van der Waals surface area contributed by atoms with Gasteiger partial charge in [-0.3, -0.25) is 0 Å². The Hall–Kier alpha value is -1.87. The van der Waals surface area contributed by atoms with Gasteiger partial charge in [0.2, 0.25) is 5.88 Å². The van der Waals surface area contributed by atoms with Crippen LogP contribution < -0.4 is 10.5 Å². The first-order valence-corrected chi connectivity index (χ1v) is 6.92. The molecule has 0 saturated heterocycles. The van der Waals surface area contributed by atoms with Crippen LogP contribution in [0.3, 0.4) is 0 Å². The molecule has 2 N–H and O–H groups in total. The molecule has 0 bridgehead atoms. The number of hydrogen-bond acceptors (Lipinski definition) is 3. The molecule has 0 aliphatic carbocycles. The van der Waals surface area contributed by atoms with Gasteiger partial charge in [-0.05, 0) is 57.4 Å². The first kappa shape index (κ1) is 14.5. The number of rotatable bonds is 4. The van der Waals surface area contributed by atoms with Crippen LogP contribution in [0.1, 0.15) is 29.2 Å². The molecular weight excluding hydrogens is 248 g/mol. The Labute approximate surface area is 120 Å². The molecule has 0 spiro atoms. The molecule has 3 nitrogen and oxygen atoms in total. The molecule has 0 amide bonds. The van der Waals surface area contributed by atoms with Crippen molar-refractivity contribution in [2.45, 2.75) is 40.2 Å². The number of nitrogens with zero attached hydrogens (tertiary/aromatic N) is 1. The van der Waals surface area contributed by atoms with Crippen molar-refractivity contribution in [3.63, 3.8) is 0 Å². The van der Waals surface area contributed by atoms with Gasteiger partial charge in [-0.25, -0.2) is 4.98 Å². The van der Waals surface area contributed by atoms with E-state index < -0.39 is 0 Å². The van der Waals surface area contributed by atoms with Crippen molar-refractivity contribution in [3.8, 4) is 11.6 Å². The highest BCUT2D eigenvalue weighted by Crippen LogP contribution is 2.27. The summed E-state index contributed by atoms with van der Waals surface area (Å²) < 4.78 is 5.91. The number of aryl methyl sites for hydroxylation is 3. The highest BCUT2D eigenvalue weighted by Gasteiger charge is 2.07. The lowest BCUT2D eigenvalue weighted by Gasteiger charge is -2.12. The molecule has 1 aromatic heterocycles. The first-order chi connectivity index (χ1) is 9.45. The predicted molar refractivity (Wildman–Crippen MR) is 82.3 cm³/mol. The number of benzene rings is 1. The van der Waals surface area contributed by atoms with E-state index in [9.17, 15) is 0 Å². The normalized spacial score (nSPS) is 12.2. The Balaban J connectivity index is 2.21. The van der Waals surface area contributed by atoms with Crippen molar-refractivity contribution in [1.82, 2.24) is 4.98 Å². The van der Waals surface area contributed by atoms with Crippen LogP contribution in [0, 0.1) is 20.8 Å². The standard InChI is InChI=1S/C17H22N2O/c1-11-5-6-16(12(2)7-11)20-17-13(3)8-15(10-19-17)9-14(4)18/h5-8,10,14H,9,18H2,1-4H3. The summed E-state index contributed by atoms with van der Waals surface area (Å²) in [6, 6.07) is 8.37. The van der Waals surface area contributed by atoms with Crippen LogP contribution in [-0.2, 0) is 6.42 Å². The van der Waals surface area contributed by atoms with Gasteiger partial charge in [-0.2, -0.15) is 0 Å². The summed E-state index contributed by atoms with van der Waals surface area (Å²) in [5, 5.41) is 0. The minimum atomic E-state index is 0.141. The topological polar surface area (TPSA) is 48.1 Å². The number of ether oxygens (including phenoxy) is 1. The summed E-state index contributed by atoms with van der Waals surface area (Å²) in [4.78, 5) is 4.41. The van der Waals surface area contributed by atoms with Crippen molar-refractivity contribution in [2.24, 2.45) is 5.73 Å². The summed E-state index contributed by atoms with van der Waals surface area (Å²) in [6.45, 7) is 8.12. The third-order valence-corrected chi connectivity index (χ3v) is 3.18. The molecule has 3 heteroatoms. The molecule has 1 heterocycles. The van der Waals surface area contributed by atoms with Crippen LogP contribution in [0.15, 0.2) is 30.5 Å². The van der Waals surface area contributed by atoms with Crippen LogP contribution in [0.4, 0.5) is 0 Å². The lowest BCUT2D eigenvalue weighted by molar-refractivity contribution is 0.455. The van der Waals surface area contributed by atoms with Crippen molar-refractivity contribution in [3.05, 3.63) is 52.7 Å². The van der Waals surface area contributed by atoms with Crippen molar-refractivity contribution >= 4 is 0 Å². The zero-order chi connectivity index (χ0) is 14.7. The van der Waals surface area contributed by atoms with E-state index in [1.807, 2.05) is 39.1 Å². The molecule has 0 fully saturated rings. The van der Waals surface area contributed by atoms with Crippen LogP contribution in [0.25, 0.3) is 0 Å². The van der Waals surface area contributed by atoms with E-state index in [-0.39, 0.29) is 6.04 Å². The van der Waals surface area contributed by atoms with Gasteiger partial charge in [0.15, 0.2) is 0 Å². The van der Waals surface area contributed by atoms with Crippen molar-refractivity contribution < 1.29 is 4.74 Å². The maximum atomic E-state index is 5.91. The van der Waals surface area contributed by atoms with Gasteiger partial charge in [0.1, 0.15) is 5.75 Å². The van der Waals surface area contributed by atoms with Crippen molar-refractivity contribution in [1.29, 1.82) is 0 Å². The molecule has 1 atom stereocenters. The lowest BCUT2D eigenvalue weighted by atomic mass is 10.1. The highest BCUT2D eigenvalue weighted by molar-refractivity contribution is 5.40. The lowest BCUT2D eigenvalue weighted by Crippen LogP contribution is -2.17. The maximum Gasteiger partial charge on any atom is 0.222 e. The molecule has 2 rings (SSSR count). The van der Waals surface area contributed by atoms with E-state index in [2.05, 4.69) is 24.0 Å². The number of aromatic nitrogens is 1. The third kappa shape index (κ3) is 3.58. The van der Waals surface area contributed by atoms with Crippen LogP contribution >= 0.6 is 0 Å². The Kier molecular flexibility index (Phi) is 4.40. The van der Waals surface area contributed by atoms with Gasteiger partial charge in [0, 0.05) is 17.8 Å². The van der Waals surface area contributed by atoms with Crippen LogP contribution in [0.2, 0.25) is 0 Å². The molecule has 0 aliphatic rings. The van der Waals surface area contributed by atoms with Gasteiger partial charge in [0.05, 0.1) is 0 Å². The van der Waals surface area contributed by atoms with E-state index >= 15 is 0 Å². The second-order valence-corrected chi connectivity index (χ2v) is 5.52. The average molecular weight is 270 g/mol. The van der Waals surface area contributed by atoms with Crippen LogP contribution in [-0.4, -0.2) is 11.0 Å². The maximum absolute atomic E-state index is 5.91. The SMILES string of the molecule is Cc1ccc(Oc2ncc(CC(C)N)cc2C)c(C)c1.